The van der Waals surface area contributed by atoms with Gasteiger partial charge in [0.1, 0.15) is 25.0 Å². The highest BCUT2D eigenvalue weighted by molar-refractivity contribution is 7.60. The highest BCUT2D eigenvalue weighted by atomic mass is 32.1. The lowest BCUT2D eigenvalue weighted by Crippen LogP contribution is -2.41. The van der Waals surface area contributed by atoms with E-state index in [4.69, 9.17) is 29.2 Å². The largest absolute Gasteiger partial charge is 0.481 e. The van der Waals surface area contributed by atoms with Crippen molar-refractivity contribution in [3.63, 3.8) is 0 Å². The van der Waals surface area contributed by atoms with Gasteiger partial charge < -0.3 is 50.2 Å². The van der Waals surface area contributed by atoms with Gasteiger partial charge in [-0.2, -0.15) is 162 Å². The van der Waals surface area contributed by atoms with E-state index in [-0.39, 0.29) is 270 Å². The lowest BCUT2D eigenvalue weighted by atomic mass is 10.0. The van der Waals surface area contributed by atoms with Gasteiger partial charge in [-0.1, -0.05) is 103 Å². The van der Waals surface area contributed by atoms with E-state index >= 15 is 0 Å². The van der Waals surface area contributed by atoms with Crippen LogP contribution in [0, 0.1) is 5.92 Å². The molecular weight excluding hydrogens is 1190 g/mol. The third kappa shape index (κ3) is 79.0. The molecule has 0 bridgehead atoms. The van der Waals surface area contributed by atoms with Gasteiger partial charge in [-0.25, -0.2) is 4.79 Å². The fourth-order valence-corrected chi connectivity index (χ4v) is 6.42. The molecule has 0 spiro atoms. The van der Waals surface area contributed by atoms with E-state index in [1.165, 1.54) is 57.8 Å². The van der Waals surface area contributed by atoms with E-state index < -0.39 is 29.9 Å². The number of Topliss-reactive ketones (excluding diaryl/α,β-unsaturated/α-hetero) is 1. The quantitative estimate of drug-likeness (QED) is 0.0327. The molecule has 0 rings (SSSR count). The highest BCUT2D eigenvalue weighted by Crippen LogP contribution is 2.15. The number of aliphatic carboxylic acids is 3. The molecule has 0 saturated heterocycles. The van der Waals surface area contributed by atoms with Crippen molar-refractivity contribution in [3.05, 3.63) is 0 Å². The number of hydrogen-bond acceptors (Lipinski definition) is 11. The number of ketones is 1. The molecular formula is C45H105N3O14S12. The molecule has 0 radical (unpaired) electrons. The SMILES string of the molecule is C[C@@H](CCCCNC(=O)COCCOCCNC(=O)COCCOCCCC(=O)CC[C@H](NC(=O)CCCCCCCCCCCCCCCCCCC(=O)O)C(=O)O)C(=O)O.S.S.S.S.S.S.S.S.S.S.S.S. The van der Waals surface area contributed by atoms with Crippen LogP contribution in [-0.4, -0.2) is 129 Å². The summed E-state index contributed by atoms with van der Waals surface area (Å²) >= 11 is 0. The van der Waals surface area contributed by atoms with E-state index in [2.05, 4.69) is 16.0 Å². The number of carboxylic acid groups (broad SMARTS) is 3. The molecule has 0 saturated carbocycles. The van der Waals surface area contributed by atoms with Gasteiger partial charge >= 0.3 is 17.9 Å². The summed E-state index contributed by atoms with van der Waals surface area (Å²) in [5, 5.41) is 35.0. The summed E-state index contributed by atoms with van der Waals surface area (Å²) in [4.78, 5) is 81.3. The molecule has 74 heavy (non-hydrogen) atoms. The Bertz CT molecular complexity index is 1250. The molecule has 0 unspecified atom stereocenters. The molecule has 3 amide bonds. The Hall–Kier alpha value is 0.530. The van der Waals surface area contributed by atoms with Crippen LogP contribution in [0.25, 0.3) is 0 Å². The molecule has 0 aliphatic heterocycles. The number of carbonyl (C=O) groups is 7. The average Bonchev–Trinajstić information content (AvgIpc) is 3.23. The fourth-order valence-electron chi connectivity index (χ4n) is 6.42. The first-order valence-corrected chi connectivity index (χ1v) is 23.2. The summed E-state index contributed by atoms with van der Waals surface area (Å²) in [6, 6.07) is -1.10. The Kier molecular flexibility index (Phi) is 115. The number of amides is 3. The molecule has 456 valence electrons. The minimum absolute atomic E-state index is 0. The highest BCUT2D eigenvalue weighted by Gasteiger charge is 2.21. The Balaban J connectivity index is -0.000000282. The minimum Gasteiger partial charge on any atom is -0.481 e. The third-order valence-corrected chi connectivity index (χ3v) is 10.2. The van der Waals surface area contributed by atoms with Crippen LogP contribution < -0.4 is 16.0 Å². The van der Waals surface area contributed by atoms with Gasteiger partial charge in [0.25, 0.3) is 0 Å². The summed E-state index contributed by atoms with van der Waals surface area (Å²) < 4.78 is 21.4. The van der Waals surface area contributed by atoms with Crippen LogP contribution in [0.1, 0.15) is 167 Å². The summed E-state index contributed by atoms with van der Waals surface area (Å²) in [5.74, 6) is -4.05. The number of rotatable bonds is 47. The first-order chi connectivity index (χ1) is 29.9. The van der Waals surface area contributed by atoms with Crippen LogP contribution in [0.4, 0.5) is 0 Å². The monoisotopic (exact) mass is 1300 g/mol. The van der Waals surface area contributed by atoms with Gasteiger partial charge in [0.15, 0.2) is 0 Å². The second kappa shape index (κ2) is 80.0. The van der Waals surface area contributed by atoms with Crippen molar-refractivity contribution in [1.82, 2.24) is 16.0 Å². The molecule has 0 aromatic rings. The maximum atomic E-state index is 12.4. The molecule has 0 aliphatic rings. The lowest BCUT2D eigenvalue weighted by molar-refractivity contribution is -0.142. The van der Waals surface area contributed by atoms with Crippen LogP contribution in [0.5, 0.6) is 0 Å². The van der Waals surface area contributed by atoms with E-state index in [0.29, 0.717) is 45.3 Å². The molecule has 2 atom stereocenters. The number of nitrogens with one attached hydrogen (secondary N) is 3. The normalized spacial score (nSPS) is 10.1. The van der Waals surface area contributed by atoms with Crippen LogP contribution in [0.15, 0.2) is 0 Å². The maximum Gasteiger partial charge on any atom is 0.326 e. The number of carbonyl (C=O) groups excluding carboxylic acids is 4. The summed E-state index contributed by atoms with van der Waals surface area (Å²) in [6.07, 6.45) is 21.2. The van der Waals surface area contributed by atoms with Gasteiger partial charge in [0.05, 0.1) is 39.0 Å². The topological polar surface area (TPSA) is 253 Å². The maximum absolute atomic E-state index is 12.4. The first kappa shape index (κ1) is 106. The zero-order valence-electron chi connectivity index (χ0n) is 43.7. The van der Waals surface area contributed by atoms with Crippen LogP contribution >= 0.6 is 162 Å². The van der Waals surface area contributed by atoms with Gasteiger partial charge in [-0.3, -0.25) is 28.8 Å². The molecule has 0 fully saturated rings. The van der Waals surface area contributed by atoms with Gasteiger partial charge in [-0.05, 0) is 38.5 Å². The van der Waals surface area contributed by atoms with E-state index in [9.17, 15) is 38.7 Å². The molecule has 17 nitrogen and oxygen atoms in total. The van der Waals surface area contributed by atoms with Gasteiger partial charge in [0, 0.05) is 45.4 Å². The summed E-state index contributed by atoms with van der Waals surface area (Å²) in [5.41, 5.74) is 0. The predicted octanol–water partition coefficient (Wildman–Crippen LogP) is 7.34. The minimum atomic E-state index is -1.15. The Morgan fingerprint density at radius 1 is 0.365 bits per heavy atom. The first-order valence-electron chi connectivity index (χ1n) is 23.2. The number of carboxylic acids is 3. The second-order valence-electron chi connectivity index (χ2n) is 16.0. The van der Waals surface area contributed by atoms with E-state index in [1.807, 2.05) is 0 Å². The van der Waals surface area contributed by atoms with Gasteiger partial charge in [-0.15, -0.1) is 0 Å². The molecule has 0 heterocycles. The van der Waals surface area contributed by atoms with Crippen molar-refractivity contribution in [3.8, 4) is 0 Å². The van der Waals surface area contributed by atoms with Crippen molar-refractivity contribution >= 4 is 203 Å². The van der Waals surface area contributed by atoms with Crippen molar-refractivity contribution < 1.29 is 67.8 Å². The second-order valence-corrected chi connectivity index (χ2v) is 16.0. The van der Waals surface area contributed by atoms with Gasteiger partial charge in [0.2, 0.25) is 17.7 Å². The fraction of sp³-hybridized carbons (Fsp3) is 0.844. The zero-order valence-corrected chi connectivity index (χ0v) is 55.7. The molecule has 0 aliphatic carbocycles. The summed E-state index contributed by atoms with van der Waals surface area (Å²) in [6.45, 7) is 3.62. The summed E-state index contributed by atoms with van der Waals surface area (Å²) in [7, 11) is 0. The van der Waals surface area contributed by atoms with Crippen LogP contribution in [0.2, 0.25) is 0 Å². The Morgan fingerprint density at radius 3 is 1.18 bits per heavy atom. The van der Waals surface area contributed by atoms with Crippen molar-refractivity contribution in [2.24, 2.45) is 5.92 Å². The molecule has 6 N–H and O–H groups in total. The number of unbranched alkanes of at least 4 members (excludes halogenated alkanes) is 16. The zero-order chi connectivity index (χ0) is 45.9. The molecule has 0 aromatic carbocycles. The van der Waals surface area contributed by atoms with E-state index in [1.54, 1.807) is 6.92 Å². The smallest absolute Gasteiger partial charge is 0.326 e. The van der Waals surface area contributed by atoms with Crippen LogP contribution in [-0.2, 0) is 52.5 Å². The third-order valence-electron chi connectivity index (χ3n) is 10.2. The Morgan fingerprint density at radius 2 is 0.757 bits per heavy atom. The standard InChI is InChI=1S/C45H81N3O14.12H2S/c1-37(44(55)56)21-18-19-27-46-41(51)35-62-34-32-60-30-28-47-42(52)36-61-33-31-59-29-20-22-38(49)25-26-39(45(57)58)48-40(50)23-16-14-12-10-8-6-4-2-3-5-7-9-11-13-15-17-24-43(53)54;;;;;;;;;;;;/h37,39H,2-36H2,1H3,(H,46,51)(H,47,52)(H,48,50)(H,53,54)(H,55,56)(H,57,58);12*1H2/t37-,39-;;;;;;;;;;;;/m0............/s1. The Labute approximate surface area is 528 Å². The van der Waals surface area contributed by atoms with Crippen molar-refractivity contribution in [1.29, 1.82) is 0 Å². The van der Waals surface area contributed by atoms with Crippen LogP contribution in [0.3, 0.4) is 0 Å². The average molecular weight is 1300 g/mol. The van der Waals surface area contributed by atoms with Crippen molar-refractivity contribution in [2.45, 2.75) is 173 Å². The lowest BCUT2D eigenvalue weighted by Gasteiger charge is -2.14. The number of hydrogen-bond donors (Lipinski definition) is 6. The predicted molar refractivity (Wildman–Crippen MR) is 358 cm³/mol. The number of ether oxygens (including phenoxy) is 4. The van der Waals surface area contributed by atoms with Crippen molar-refractivity contribution in [2.75, 3.05) is 65.9 Å². The molecule has 0 aromatic heterocycles. The molecule has 29 heteroatoms. The van der Waals surface area contributed by atoms with E-state index in [0.717, 1.165) is 38.5 Å².